The topological polar surface area (TPSA) is 124 Å². The number of hydrogen-bond acceptors (Lipinski definition) is 7. The van der Waals surface area contributed by atoms with Gasteiger partial charge in [-0.2, -0.15) is 10.4 Å². The van der Waals surface area contributed by atoms with Crippen molar-refractivity contribution in [3.8, 4) is 34.6 Å². The average Bonchev–Trinajstić information content (AvgIpc) is 3.40. The maximum atomic E-state index is 14.0. The standard InChI is InChI=1S/C33H29N5O4/c1-40-26-13-8-22(9-14-26)20-38-31(33(39)36-29-18-24(19-34)12-17-28(29)35)32(30(37-38)25-6-4-3-5-7-25)42-21-23-10-15-27(41-2)16-11-23/h3-18H,20-21,35H2,1-2H3,(H,36,39). The van der Waals surface area contributed by atoms with Crippen molar-refractivity contribution in [3.05, 3.63) is 119 Å². The van der Waals surface area contributed by atoms with Crippen LogP contribution in [0.1, 0.15) is 27.2 Å². The Hall–Kier alpha value is -5.75. The monoisotopic (exact) mass is 559 g/mol. The molecule has 3 N–H and O–H groups in total. The van der Waals surface area contributed by atoms with Crippen LogP contribution < -0.4 is 25.3 Å². The molecular formula is C33H29N5O4. The summed E-state index contributed by atoms with van der Waals surface area (Å²) >= 11 is 0. The molecule has 0 radical (unpaired) electrons. The van der Waals surface area contributed by atoms with Crippen molar-refractivity contribution in [1.82, 2.24) is 9.78 Å². The van der Waals surface area contributed by atoms with Crippen molar-refractivity contribution >= 4 is 17.3 Å². The first-order valence-electron chi connectivity index (χ1n) is 13.1. The number of nitrogens with one attached hydrogen (secondary N) is 1. The number of carbonyl (C=O) groups excluding carboxylic acids is 1. The number of hydrogen-bond donors (Lipinski definition) is 2. The second kappa shape index (κ2) is 12.6. The van der Waals surface area contributed by atoms with E-state index in [1.807, 2.05) is 78.9 Å². The number of methoxy groups -OCH3 is 2. The Labute approximate surface area is 243 Å². The molecule has 0 aliphatic carbocycles. The maximum absolute atomic E-state index is 14.0. The molecule has 0 aliphatic heterocycles. The molecule has 0 fully saturated rings. The van der Waals surface area contributed by atoms with Gasteiger partial charge in [0, 0.05) is 5.56 Å². The zero-order chi connectivity index (χ0) is 29.5. The summed E-state index contributed by atoms with van der Waals surface area (Å²) in [5.74, 6) is 1.29. The number of rotatable bonds is 10. The zero-order valence-electron chi connectivity index (χ0n) is 23.2. The van der Waals surface area contributed by atoms with Crippen LogP contribution in [-0.4, -0.2) is 29.9 Å². The highest BCUT2D eigenvalue weighted by molar-refractivity contribution is 6.07. The van der Waals surface area contributed by atoms with Crippen LogP contribution in [0.2, 0.25) is 0 Å². The molecule has 210 valence electrons. The Morgan fingerprint density at radius 3 is 2.17 bits per heavy atom. The van der Waals surface area contributed by atoms with Gasteiger partial charge < -0.3 is 25.3 Å². The quantitative estimate of drug-likeness (QED) is 0.204. The summed E-state index contributed by atoms with van der Waals surface area (Å²) < 4.78 is 18.6. The van der Waals surface area contributed by atoms with Crippen molar-refractivity contribution in [3.63, 3.8) is 0 Å². The van der Waals surface area contributed by atoms with Gasteiger partial charge in [-0.25, -0.2) is 0 Å². The van der Waals surface area contributed by atoms with Gasteiger partial charge >= 0.3 is 0 Å². The summed E-state index contributed by atoms with van der Waals surface area (Å²) in [4.78, 5) is 14.0. The van der Waals surface area contributed by atoms with E-state index >= 15 is 0 Å². The van der Waals surface area contributed by atoms with Gasteiger partial charge in [-0.15, -0.1) is 0 Å². The minimum absolute atomic E-state index is 0.185. The number of nitrogens with two attached hydrogens (primary N) is 1. The number of aromatic nitrogens is 2. The highest BCUT2D eigenvalue weighted by Crippen LogP contribution is 2.35. The fraction of sp³-hybridized carbons (Fsp3) is 0.121. The maximum Gasteiger partial charge on any atom is 0.277 e. The van der Waals surface area contributed by atoms with Crippen LogP contribution in [0, 0.1) is 11.3 Å². The molecule has 4 aromatic carbocycles. The molecule has 5 rings (SSSR count). The lowest BCUT2D eigenvalue weighted by atomic mass is 10.1. The molecular weight excluding hydrogens is 530 g/mol. The smallest absolute Gasteiger partial charge is 0.277 e. The molecule has 9 nitrogen and oxygen atoms in total. The minimum atomic E-state index is -0.482. The Bertz CT molecular complexity index is 1720. The van der Waals surface area contributed by atoms with E-state index in [2.05, 4.69) is 11.4 Å². The Morgan fingerprint density at radius 2 is 1.55 bits per heavy atom. The summed E-state index contributed by atoms with van der Waals surface area (Å²) in [5.41, 5.74) is 10.5. The number of anilines is 2. The number of nitrogen functional groups attached to an aromatic ring is 1. The number of carbonyl (C=O) groups is 1. The lowest BCUT2D eigenvalue weighted by Crippen LogP contribution is -2.20. The van der Waals surface area contributed by atoms with Gasteiger partial charge in [0.05, 0.1) is 43.8 Å². The molecule has 0 saturated carbocycles. The van der Waals surface area contributed by atoms with E-state index < -0.39 is 5.91 Å². The number of nitrogens with zero attached hydrogens (tertiary/aromatic N) is 3. The molecule has 1 amide bonds. The number of amides is 1. The van der Waals surface area contributed by atoms with Crippen LogP contribution in [0.3, 0.4) is 0 Å². The Kier molecular flexibility index (Phi) is 8.35. The van der Waals surface area contributed by atoms with Crippen LogP contribution in [0.4, 0.5) is 11.4 Å². The molecule has 0 unspecified atom stereocenters. The molecule has 0 saturated heterocycles. The van der Waals surface area contributed by atoms with E-state index in [1.54, 1.807) is 31.0 Å². The molecule has 1 heterocycles. The van der Waals surface area contributed by atoms with E-state index in [4.69, 9.17) is 25.0 Å². The average molecular weight is 560 g/mol. The second-order valence-electron chi connectivity index (χ2n) is 9.40. The summed E-state index contributed by atoms with van der Waals surface area (Å²) in [5, 5.41) is 17.1. The molecule has 5 aromatic rings. The first kappa shape index (κ1) is 27.8. The van der Waals surface area contributed by atoms with Crippen LogP contribution in [-0.2, 0) is 13.2 Å². The van der Waals surface area contributed by atoms with Gasteiger partial charge in [0.15, 0.2) is 11.4 Å². The van der Waals surface area contributed by atoms with E-state index in [1.165, 1.54) is 6.07 Å². The third-order valence-corrected chi connectivity index (χ3v) is 6.64. The summed E-state index contributed by atoms with van der Waals surface area (Å²) in [6.45, 7) is 0.469. The third-order valence-electron chi connectivity index (χ3n) is 6.64. The van der Waals surface area contributed by atoms with Crippen molar-refractivity contribution in [2.75, 3.05) is 25.3 Å². The molecule has 42 heavy (non-hydrogen) atoms. The van der Waals surface area contributed by atoms with E-state index in [9.17, 15) is 10.1 Å². The predicted octanol–water partition coefficient (Wildman–Crippen LogP) is 5.90. The lowest BCUT2D eigenvalue weighted by molar-refractivity contribution is 0.101. The third kappa shape index (κ3) is 6.18. The van der Waals surface area contributed by atoms with E-state index in [0.717, 1.165) is 28.2 Å². The van der Waals surface area contributed by atoms with Crippen molar-refractivity contribution in [2.45, 2.75) is 13.2 Å². The highest BCUT2D eigenvalue weighted by Gasteiger charge is 2.27. The summed E-state index contributed by atoms with van der Waals surface area (Å²) in [7, 11) is 3.22. The first-order chi connectivity index (χ1) is 20.5. The van der Waals surface area contributed by atoms with Gasteiger partial charge in [-0.3, -0.25) is 9.48 Å². The predicted molar refractivity (Wildman–Crippen MR) is 161 cm³/mol. The first-order valence-corrected chi connectivity index (χ1v) is 13.1. The minimum Gasteiger partial charge on any atom is -0.497 e. The number of benzene rings is 4. The molecule has 9 heteroatoms. The largest absolute Gasteiger partial charge is 0.497 e. The Balaban J connectivity index is 1.60. The number of ether oxygens (including phenoxy) is 3. The molecule has 0 atom stereocenters. The summed E-state index contributed by atoms with van der Waals surface area (Å²) in [6.07, 6.45) is 0. The fourth-order valence-corrected chi connectivity index (χ4v) is 4.40. The van der Waals surface area contributed by atoms with Gasteiger partial charge in [0.25, 0.3) is 5.91 Å². The normalized spacial score (nSPS) is 10.5. The lowest BCUT2D eigenvalue weighted by Gasteiger charge is -2.13. The fourth-order valence-electron chi connectivity index (χ4n) is 4.40. The Morgan fingerprint density at radius 1 is 0.905 bits per heavy atom. The molecule has 0 spiro atoms. The highest BCUT2D eigenvalue weighted by atomic mass is 16.5. The van der Waals surface area contributed by atoms with Gasteiger partial charge in [0.2, 0.25) is 0 Å². The van der Waals surface area contributed by atoms with Crippen LogP contribution >= 0.6 is 0 Å². The SMILES string of the molecule is COc1ccc(COc2c(-c3ccccc3)nn(Cc3ccc(OC)cc3)c2C(=O)Nc2cc(C#N)ccc2N)cc1. The van der Waals surface area contributed by atoms with Gasteiger partial charge in [-0.1, -0.05) is 54.6 Å². The molecule has 0 bridgehead atoms. The molecule has 1 aromatic heterocycles. The van der Waals surface area contributed by atoms with E-state index in [0.29, 0.717) is 28.4 Å². The van der Waals surface area contributed by atoms with Crippen LogP contribution in [0.25, 0.3) is 11.3 Å². The van der Waals surface area contributed by atoms with Crippen molar-refractivity contribution in [2.24, 2.45) is 0 Å². The van der Waals surface area contributed by atoms with Crippen molar-refractivity contribution in [1.29, 1.82) is 5.26 Å². The van der Waals surface area contributed by atoms with Crippen LogP contribution in [0.5, 0.6) is 17.2 Å². The second-order valence-corrected chi connectivity index (χ2v) is 9.40. The van der Waals surface area contributed by atoms with Crippen LogP contribution in [0.15, 0.2) is 97.1 Å². The zero-order valence-corrected chi connectivity index (χ0v) is 23.2. The number of nitriles is 1. The van der Waals surface area contributed by atoms with Crippen molar-refractivity contribution < 1.29 is 19.0 Å². The van der Waals surface area contributed by atoms with Gasteiger partial charge in [0.1, 0.15) is 23.8 Å². The van der Waals surface area contributed by atoms with Gasteiger partial charge in [-0.05, 0) is 53.6 Å². The summed E-state index contributed by atoms with van der Waals surface area (Å²) in [6, 6.07) is 31.4. The molecule has 0 aliphatic rings. The van der Waals surface area contributed by atoms with E-state index in [-0.39, 0.29) is 18.8 Å².